The number of nitrogens with zero attached hydrogens (tertiary/aromatic N) is 2. The van der Waals surface area contributed by atoms with Crippen LogP contribution in [0.2, 0.25) is 0 Å². The average Bonchev–Trinajstić information content (AvgIpc) is 2.57. The van der Waals surface area contributed by atoms with Crippen molar-refractivity contribution in [3.8, 4) is 0 Å². The summed E-state index contributed by atoms with van der Waals surface area (Å²) in [6.45, 7) is 18.8. The molecule has 0 aliphatic carbocycles. The molecule has 0 unspecified atom stereocenters. The van der Waals surface area contributed by atoms with Crippen molar-refractivity contribution in [1.82, 2.24) is 15.5 Å². The van der Waals surface area contributed by atoms with E-state index in [1.807, 2.05) is 11.8 Å². The maximum absolute atomic E-state index is 5.56. The lowest BCUT2D eigenvalue weighted by atomic mass is 9.99. The Labute approximate surface area is 182 Å². The number of rotatable bonds is 10. The highest BCUT2D eigenvalue weighted by Crippen LogP contribution is 2.35. The summed E-state index contributed by atoms with van der Waals surface area (Å²) >= 11 is 2.05. The van der Waals surface area contributed by atoms with Gasteiger partial charge in [-0.2, -0.15) is 11.8 Å². The van der Waals surface area contributed by atoms with E-state index in [4.69, 9.17) is 9.73 Å². The van der Waals surface area contributed by atoms with Gasteiger partial charge in [-0.05, 0) is 53.2 Å². The highest BCUT2D eigenvalue weighted by molar-refractivity contribution is 14.0. The van der Waals surface area contributed by atoms with Crippen LogP contribution in [0.1, 0.15) is 54.4 Å². The van der Waals surface area contributed by atoms with Crippen LogP contribution in [0.4, 0.5) is 0 Å². The molecule has 1 heterocycles. The van der Waals surface area contributed by atoms with Gasteiger partial charge in [-0.3, -0.25) is 9.89 Å². The lowest BCUT2D eigenvalue weighted by molar-refractivity contribution is 0.0793. The van der Waals surface area contributed by atoms with Gasteiger partial charge in [0.2, 0.25) is 0 Å². The van der Waals surface area contributed by atoms with Gasteiger partial charge >= 0.3 is 0 Å². The molecule has 2 N–H and O–H groups in total. The van der Waals surface area contributed by atoms with Crippen molar-refractivity contribution < 1.29 is 4.74 Å². The zero-order valence-corrected chi connectivity index (χ0v) is 20.8. The smallest absolute Gasteiger partial charge is 0.191 e. The normalized spacial score (nSPS) is 17.5. The summed E-state index contributed by atoms with van der Waals surface area (Å²) in [5.41, 5.74) is 0. The van der Waals surface area contributed by atoms with Gasteiger partial charge < -0.3 is 15.4 Å². The van der Waals surface area contributed by atoms with Crippen LogP contribution in [0, 0.1) is 0 Å². The lowest BCUT2D eigenvalue weighted by Gasteiger charge is -2.35. The summed E-state index contributed by atoms with van der Waals surface area (Å²) in [5.74, 6) is 2.08. The largest absolute Gasteiger partial charge is 0.381 e. The summed E-state index contributed by atoms with van der Waals surface area (Å²) in [4.78, 5) is 7.42. The molecule has 0 bridgehead atoms. The Balaban J connectivity index is 0.00000625. The molecule has 0 aromatic rings. The van der Waals surface area contributed by atoms with Crippen molar-refractivity contribution in [1.29, 1.82) is 0 Å². The zero-order valence-electron chi connectivity index (χ0n) is 17.6. The second-order valence-electron chi connectivity index (χ2n) is 7.28. The van der Waals surface area contributed by atoms with Crippen molar-refractivity contribution in [2.75, 3.05) is 45.1 Å². The number of hydrogen-bond acceptors (Lipinski definition) is 4. The number of thioether (sulfide) groups is 1. The number of guanidine groups is 1. The number of aliphatic imine (C=N–C) groups is 1. The van der Waals surface area contributed by atoms with Gasteiger partial charge in [-0.1, -0.05) is 6.92 Å². The number of hydrogen-bond donors (Lipinski definition) is 2. The number of ether oxygens (including phenoxy) is 1. The fraction of sp³-hybridized carbons (Fsp3) is 0.947. The first-order valence-electron chi connectivity index (χ1n) is 9.93. The first-order valence-corrected chi connectivity index (χ1v) is 10.9. The van der Waals surface area contributed by atoms with Gasteiger partial charge in [0, 0.05) is 49.7 Å². The van der Waals surface area contributed by atoms with Crippen LogP contribution in [0.25, 0.3) is 0 Å². The molecule has 1 aliphatic rings. The van der Waals surface area contributed by atoms with Crippen LogP contribution in [0.15, 0.2) is 4.99 Å². The summed E-state index contributed by atoms with van der Waals surface area (Å²) in [6.07, 6.45) is 2.20. The van der Waals surface area contributed by atoms with Crippen molar-refractivity contribution >= 4 is 41.7 Å². The minimum absolute atomic E-state index is 0. The number of halogens is 1. The molecule has 1 aliphatic heterocycles. The fourth-order valence-corrected chi connectivity index (χ4v) is 4.60. The van der Waals surface area contributed by atoms with Crippen LogP contribution in [0.3, 0.4) is 0 Å². The maximum atomic E-state index is 5.56. The molecule has 1 rings (SSSR count). The molecule has 0 amide bonds. The molecule has 0 aromatic heterocycles. The standard InChI is InChI=1S/C19H40N4OS.HI/c1-7-20-18(21-11-12-23(16(3)4)17(5)6)22-15-19(25-8-2)9-13-24-14-10-19;/h16-17H,7-15H2,1-6H3,(H2,20,21,22);1H. The SMILES string of the molecule is CCNC(=NCC1(SCC)CCOCC1)NCCN(C(C)C)C(C)C.I. The van der Waals surface area contributed by atoms with E-state index in [9.17, 15) is 0 Å². The Hall–Kier alpha value is 0.270. The van der Waals surface area contributed by atoms with Gasteiger partial charge in [-0.25, -0.2) is 0 Å². The minimum Gasteiger partial charge on any atom is -0.381 e. The molecule has 0 saturated carbocycles. The molecule has 0 atom stereocenters. The Morgan fingerprint density at radius 1 is 1.12 bits per heavy atom. The van der Waals surface area contributed by atoms with Gasteiger partial charge in [0.05, 0.1) is 6.54 Å². The molecule has 5 nitrogen and oxygen atoms in total. The van der Waals surface area contributed by atoms with E-state index in [-0.39, 0.29) is 28.7 Å². The third kappa shape index (κ3) is 9.46. The molecule has 0 spiro atoms. The predicted molar refractivity (Wildman–Crippen MR) is 127 cm³/mol. The molecule has 1 saturated heterocycles. The van der Waals surface area contributed by atoms with Crippen LogP contribution < -0.4 is 10.6 Å². The molecule has 1 fully saturated rings. The van der Waals surface area contributed by atoms with Gasteiger partial charge in [0.1, 0.15) is 0 Å². The maximum Gasteiger partial charge on any atom is 0.191 e. The third-order valence-electron chi connectivity index (χ3n) is 4.71. The highest BCUT2D eigenvalue weighted by Gasteiger charge is 2.32. The molecule has 26 heavy (non-hydrogen) atoms. The summed E-state index contributed by atoms with van der Waals surface area (Å²) in [5, 5.41) is 6.91. The molecular formula is C19H41IN4OS. The first-order chi connectivity index (χ1) is 11.9. The van der Waals surface area contributed by atoms with Crippen molar-refractivity contribution in [3.63, 3.8) is 0 Å². The summed E-state index contributed by atoms with van der Waals surface area (Å²) in [6, 6.07) is 1.13. The van der Waals surface area contributed by atoms with Gasteiger partial charge in [0.25, 0.3) is 0 Å². The van der Waals surface area contributed by atoms with Crippen molar-refractivity contribution in [3.05, 3.63) is 0 Å². The molecule has 7 heteroatoms. The van der Waals surface area contributed by atoms with E-state index < -0.39 is 0 Å². The topological polar surface area (TPSA) is 48.9 Å². The van der Waals surface area contributed by atoms with Crippen LogP contribution in [0.5, 0.6) is 0 Å². The fourth-order valence-electron chi connectivity index (χ4n) is 3.38. The van der Waals surface area contributed by atoms with E-state index in [0.717, 1.165) is 63.9 Å². The second kappa shape index (κ2) is 14.3. The second-order valence-corrected chi connectivity index (χ2v) is 9.01. The van der Waals surface area contributed by atoms with Crippen molar-refractivity contribution in [2.45, 2.75) is 71.2 Å². The highest BCUT2D eigenvalue weighted by atomic mass is 127. The average molecular weight is 501 g/mol. The Morgan fingerprint density at radius 3 is 2.23 bits per heavy atom. The van der Waals surface area contributed by atoms with E-state index in [2.05, 4.69) is 57.1 Å². The lowest BCUT2D eigenvalue weighted by Crippen LogP contribution is -2.46. The van der Waals surface area contributed by atoms with E-state index >= 15 is 0 Å². The van der Waals surface area contributed by atoms with Crippen molar-refractivity contribution in [2.24, 2.45) is 4.99 Å². The minimum atomic E-state index is 0. The molecule has 0 aromatic carbocycles. The quantitative estimate of drug-likeness (QED) is 0.273. The zero-order chi connectivity index (χ0) is 18.7. The molecular weight excluding hydrogens is 459 g/mol. The predicted octanol–water partition coefficient (Wildman–Crippen LogP) is 3.58. The number of nitrogens with one attached hydrogen (secondary N) is 2. The van der Waals surface area contributed by atoms with Crippen LogP contribution >= 0.6 is 35.7 Å². The van der Waals surface area contributed by atoms with E-state index in [0.29, 0.717) is 12.1 Å². The summed E-state index contributed by atoms with van der Waals surface area (Å²) in [7, 11) is 0. The first kappa shape index (κ1) is 26.3. The molecule has 156 valence electrons. The van der Waals surface area contributed by atoms with Crippen LogP contribution in [-0.4, -0.2) is 72.8 Å². The monoisotopic (exact) mass is 500 g/mol. The summed E-state index contributed by atoms with van der Waals surface area (Å²) < 4.78 is 5.81. The Kier molecular flexibility index (Phi) is 14.4. The molecule has 0 radical (unpaired) electrons. The van der Waals surface area contributed by atoms with E-state index in [1.165, 1.54) is 0 Å². The van der Waals surface area contributed by atoms with E-state index in [1.54, 1.807) is 0 Å². The van der Waals surface area contributed by atoms with Gasteiger partial charge in [0.15, 0.2) is 5.96 Å². The van der Waals surface area contributed by atoms with Gasteiger partial charge in [-0.15, -0.1) is 24.0 Å². The third-order valence-corrected chi connectivity index (χ3v) is 6.15. The van der Waals surface area contributed by atoms with Crippen LogP contribution in [-0.2, 0) is 4.74 Å². The Bertz CT molecular complexity index is 374. The Morgan fingerprint density at radius 2 is 1.73 bits per heavy atom.